The Morgan fingerprint density at radius 2 is 1.66 bits per heavy atom. The van der Waals surface area contributed by atoms with Gasteiger partial charge in [-0.2, -0.15) is 0 Å². The largest absolute Gasteiger partial charge is 0.336 e. The summed E-state index contributed by atoms with van der Waals surface area (Å²) in [5.74, 6) is 0.799. The Balaban J connectivity index is 1.40. The van der Waals surface area contributed by atoms with Crippen LogP contribution in [0.1, 0.15) is 34.7 Å². The fraction of sp³-hybridized carbons (Fsp3) is 0.250. The van der Waals surface area contributed by atoms with Gasteiger partial charge in [0.2, 0.25) is 0 Å². The predicted molar refractivity (Wildman–Crippen MR) is 142 cm³/mol. The van der Waals surface area contributed by atoms with E-state index in [1.54, 1.807) is 4.57 Å². The van der Waals surface area contributed by atoms with Crippen LogP contribution in [0.15, 0.2) is 88.1 Å². The lowest BCUT2D eigenvalue weighted by atomic mass is 10.1. The molecule has 1 fully saturated rings. The molecule has 35 heavy (non-hydrogen) atoms. The van der Waals surface area contributed by atoms with E-state index in [0.29, 0.717) is 36.1 Å². The highest BCUT2D eigenvalue weighted by atomic mass is 79.9. The van der Waals surface area contributed by atoms with Crippen molar-refractivity contribution in [1.82, 2.24) is 19.4 Å². The summed E-state index contributed by atoms with van der Waals surface area (Å²) >= 11 is 3.45. The molecule has 1 amide bonds. The average Bonchev–Trinajstić information content (AvgIpc) is 2.90. The van der Waals surface area contributed by atoms with Crippen molar-refractivity contribution < 1.29 is 4.79 Å². The summed E-state index contributed by atoms with van der Waals surface area (Å²) in [6.45, 7) is 5.27. The SMILES string of the molecule is CC(c1nc2ccccc2c(=O)n1Cc1ccccc1)N1CCN(C(=O)c2cccc(Br)c2)CC1. The van der Waals surface area contributed by atoms with E-state index in [4.69, 9.17) is 4.98 Å². The minimum atomic E-state index is -0.0702. The van der Waals surface area contributed by atoms with Crippen molar-refractivity contribution in [2.45, 2.75) is 19.5 Å². The molecule has 1 aromatic heterocycles. The average molecular weight is 531 g/mol. The number of aromatic nitrogens is 2. The lowest BCUT2D eigenvalue weighted by Gasteiger charge is -2.38. The van der Waals surface area contributed by atoms with Gasteiger partial charge >= 0.3 is 0 Å². The number of halogens is 1. The summed E-state index contributed by atoms with van der Waals surface area (Å²) in [7, 11) is 0. The predicted octanol–water partition coefficient (Wildman–Crippen LogP) is 4.73. The van der Waals surface area contributed by atoms with Crippen molar-refractivity contribution in [3.05, 3.63) is 111 Å². The summed E-state index contributed by atoms with van der Waals surface area (Å²) in [6, 6.07) is 25.0. The molecule has 178 valence electrons. The maximum absolute atomic E-state index is 13.5. The third-order valence-corrected chi connectivity index (χ3v) is 7.16. The number of benzene rings is 3. The monoisotopic (exact) mass is 530 g/mol. The van der Waals surface area contributed by atoms with E-state index >= 15 is 0 Å². The van der Waals surface area contributed by atoms with Gasteiger partial charge in [0.25, 0.3) is 11.5 Å². The van der Waals surface area contributed by atoms with Crippen LogP contribution in [0.3, 0.4) is 0 Å². The van der Waals surface area contributed by atoms with Crippen molar-refractivity contribution in [3.8, 4) is 0 Å². The molecular weight excluding hydrogens is 504 g/mol. The van der Waals surface area contributed by atoms with E-state index in [1.807, 2.05) is 83.8 Å². The van der Waals surface area contributed by atoms with Crippen molar-refractivity contribution in [1.29, 1.82) is 0 Å². The zero-order valence-electron chi connectivity index (χ0n) is 19.6. The summed E-state index contributed by atoms with van der Waals surface area (Å²) < 4.78 is 2.70. The molecule has 0 saturated carbocycles. The van der Waals surface area contributed by atoms with Crippen LogP contribution in [0.25, 0.3) is 10.9 Å². The maximum atomic E-state index is 13.5. The smallest absolute Gasteiger partial charge is 0.261 e. The fourth-order valence-electron chi connectivity index (χ4n) is 4.70. The lowest BCUT2D eigenvalue weighted by molar-refractivity contribution is 0.0571. The zero-order chi connectivity index (χ0) is 24.4. The summed E-state index contributed by atoms with van der Waals surface area (Å²) in [6.07, 6.45) is 0. The number of carbonyl (C=O) groups is 1. The first-order valence-electron chi connectivity index (χ1n) is 11.8. The highest BCUT2D eigenvalue weighted by Gasteiger charge is 2.28. The van der Waals surface area contributed by atoms with Gasteiger partial charge < -0.3 is 4.90 Å². The molecule has 1 atom stereocenters. The second kappa shape index (κ2) is 10.1. The third kappa shape index (κ3) is 4.92. The Hall–Kier alpha value is -3.29. The van der Waals surface area contributed by atoms with Gasteiger partial charge in [-0.25, -0.2) is 4.98 Å². The van der Waals surface area contributed by atoms with Gasteiger partial charge in [0.15, 0.2) is 0 Å². The normalized spacial score (nSPS) is 15.3. The van der Waals surface area contributed by atoms with E-state index < -0.39 is 0 Å². The number of para-hydroxylation sites is 1. The number of fused-ring (bicyclic) bond motifs is 1. The first-order valence-corrected chi connectivity index (χ1v) is 12.6. The fourth-order valence-corrected chi connectivity index (χ4v) is 5.10. The number of hydrogen-bond donors (Lipinski definition) is 0. The molecule has 7 heteroatoms. The molecule has 4 aromatic rings. The zero-order valence-corrected chi connectivity index (χ0v) is 21.2. The molecule has 5 rings (SSSR count). The number of amides is 1. The Bertz CT molecular complexity index is 1410. The van der Waals surface area contributed by atoms with E-state index in [0.717, 1.165) is 29.0 Å². The van der Waals surface area contributed by atoms with Crippen LogP contribution in [-0.4, -0.2) is 51.4 Å². The maximum Gasteiger partial charge on any atom is 0.261 e. The van der Waals surface area contributed by atoms with Crippen LogP contribution in [0.5, 0.6) is 0 Å². The topological polar surface area (TPSA) is 58.4 Å². The van der Waals surface area contributed by atoms with Gasteiger partial charge in [0, 0.05) is 36.2 Å². The lowest BCUT2D eigenvalue weighted by Crippen LogP contribution is -2.50. The van der Waals surface area contributed by atoms with Crippen LogP contribution < -0.4 is 5.56 Å². The first-order chi connectivity index (χ1) is 17.0. The van der Waals surface area contributed by atoms with Crippen molar-refractivity contribution in [2.75, 3.05) is 26.2 Å². The summed E-state index contributed by atoms with van der Waals surface area (Å²) in [5.41, 5.74) is 2.44. The molecule has 1 saturated heterocycles. The first kappa shape index (κ1) is 23.5. The number of nitrogens with zero attached hydrogens (tertiary/aromatic N) is 4. The van der Waals surface area contributed by atoms with Crippen LogP contribution in [0.2, 0.25) is 0 Å². The molecule has 1 aliphatic heterocycles. The van der Waals surface area contributed by atoms with Crippen LogP contribution >= 0.6 is 15.9 Å². The number of carbonyl (C=O) groups excluding carboxylic acids is 1. The highest BCUT2D eigenvalue weighted by molar-refractivity contribution is 9.10. The van der Waals surface area contributed by atoms with Crippen LogP contribution in [0, 0.1) is 0 Å². The van der Waals surface area contributed by atoms with E-state index in [2.05, 4.69) is 27.8 Å². The quantitative estimate of drug-likeness (QED) is 0.374. The van der Waals surface area contributed by atoms with E-state index in [1.165, 1.54) is 0 Å². The highest BCUT2D eigenvalue weighted by Crippen LogP contribution is 2.23. The number of rotatable bonds is 5. The van der Waals surface area contributed by atoms with Crippen molar-refractivity contribution in [2.24, 2.45) is 0 Å². The van der Waals surface area contributed by atoms with Crippen LogP contribution in [0.4, 0.5) is 0 Å². The van der Waals surface area contributed by atoms with Crippen molar-refractivity contribution in [3.63, 3.8) is 0 Å². The van der Waals surface area contributed by atoms with Gasteiger partial charge in [0.1, 0.15) is 5.82 Å². The van der Waals surface area contributed by atoms with Gasteiger partial charge in [-0.15, -0.1) is 0 Å². The molecule has 2 heterocycles. The second-order valence-electron chi connectivity index (χ2n) is 8.88. The summed E-state index contributed by atoms with van der Waals surface area (Å²) in [5, 5.41) is 0.629. The minimum absolute atomic E-state index is 0.0234. The van der Waals surface area contributed by atoms with E-state index in [9.17, 15) is 9.59 Å². The standard InChI is InChI=1S/C28H27BrN4O2/c1-20(31-14-16-32(17-15-31)27(34)22-10-7-11-23(29)18-22)26-30-25-13-6-5-12-24(25)28(35)33(26)19-21-8-3-2-4-9-21/h2-13,18,20H,14-17,19H2,1H3. The minimum Gasteiger partial charge on any atom is -0.336 e. The molecular formula is C28H27BrN4O2. The second-order valence-corrected chi connectivity index (χ2v) is 9.79. The van der Waals surface area contributed by atoms with Gasteiger partial charge in [-0.3, -0.25) is 19.1 Å². The molecule has 1 aliphatic rings. The third-order valence-electron chi connectivity index (χ3n) is 6.67. The Kier molecular flexibility index (Phi) is 6.79. The Morgan fingerprint density at radius 3 is 2.40 bits per heavy atom. The number of piperazine rings is 1. The van der Waals surface area contributed by atoms with Gasteiger partial charge in [0.05, 0.1) is 23.5 Å². The Labute approximate surface area is 213 Å². The number of hydrogen-bond acceptors (Lipinski definition) is 4. The van der Waals surface area contributed by atoms with Crippen LogP contribution in [-0.2, 0) is 6.54 Å². The summed E-state index contributed by atoms with van der Waals surface area (Å²) in [4.78, 5) is 35.7. The van der Waals surface area contributed by atoms with E-state index in [-0.39, 0.29) is 17.5 Å². The molecule has 0 N–H and O–H groups in total. The molecule has 0 radical (unpaired) electrons. The molecule has 6 nitrogen and oxygen atoms in total. The molecule has 1 unspecified atom stereocenters. The van der Waals surface area contributed by atoms with Gasteiger partial charge in [-0.1, -0.05) is 64.5 Å². The molecule has 0 aliphatic carbocycles. The molecule has 3 aromatic carbocycles. The van der Waals surface area contributed by atoms with Crippen molar-refractivity contribution >= 4 is 32.7 Å². The molecule has 0 bridgehead atoms. The Morgan fingerprint density at radius 1 is 0.943 bits per heavy atom. The van der Waals surface area contributed by atoms with Gasteiger partial charge in [-0.05, 0) is 42.8 Å². The molecule has 0 spiro atoms.